The molecule has 2 N–H and O–H groups in total. The Morgan fingerprint density at radius 1 is 1.32 bits per heavy atom. The van der Waals surface area contributed by atoms with Gasteiger partial charge in [-0.3, -0.25) is 9.59 Å². The summed E-state index contributed by atoms with van der Waals surface area (Å²) >= 11 is 0. The normalized spacial score (nSPS) is 28.4. The quantitative estimate of drug-likeness (QED) is 0.799. The van der Waals surface area contributed by atoms with E-state index in [9.17, 15) is 14.7 Å². The molecule has 5 heteroatoms. The molecule has 2 saturated heterocycles. The summed E-state index contributed by atoms with van der Waals surface area (Å²) in [6.45, 7) is 6.59. The Morgan fingerprint density at radius 2 is 2.05 bits per heavy atom. The van der Waals surface area contributed by atoms with Gasteiger partial charge in [-0.1, -0.05) is 0 Å². The molecule has 5 nitrogen and oxygen atoms in total. The van der Waals surface area contributed by atoms with Crippen LogP contribution >= 0.6 is 0 Å². The second-order valence-electron chi connectivity index (χ2n) is 6.34. The van der Waals surface area contributed by atoms with Crippen molar-refractivity contribution >= 4 is 11.9 Å². The van der Waals surface area contributed by atoms with Crippen molar-refractivity contribution in [2.24, 2.45) is 17.3 Å². The molecular formula is C14H24N2O3. The number of hydrogen-bond acceptors (Lipinski definition) is 3. The Balaban J connectivity index is 2.00. The van der Waals surface area contributed by atoms with Crippen LogP contribution in [0.4, 0.5) is 0 Å². The molecule has 0 aromatic heterocycles. The highest BCUT2D eigenvalue weighted by Gasteiger charge is 2.41. The highest BCUT2D eigenvalue weighted by molar-refractivity contribution is 5.80. The Labute approximate surface area is 114 Å². The third-order valence-electron chi connectivity index (χ3n) is 4.71. The van der Waals surface area contributed by atoms with Crippen molar-refractivity contribution in [3.63, 3.8) is 0 Å². The number of aliphatic carboxylic acids is 1. The SMILES string of the molecule is CC(C)(C(=O)O)C1CCCN(C(=O)C2CCNC2)C1. The van der Waals surface area contributed by atoms with E-state index < -0.39 is 11.4 Å². The fourth-order valence-electron chi connectivity index (χ4n) is 3.06. The fourth-order valence-corrected chi connectivity index (χ4v) is 3.06. The zero-order valence-corrected chi connectivity index (χ0v) is 11.8. The summed E-state index contributed by atoms with van der Waals surface area (Å²) in [7, 11) is 0. The van der Waals surface area contributed by atoms with Crippen LogP contribution in [0.1, 0.15) is 33.1 Å². The Morgan fingerprint density at radius 3 is 2.63 bits per heavy atom. The minimum absolute atomic E-state index is 0.0528. The van der Waals surface area contributed by atoms with Crippen molar-refractivity contribution < 1.29 is 14.7 Å². The van der Waals surface area contributed by atoms with Crippen LogP contribution in [0.3, 0.4) is 0 Å². The molecule has 2 aliphatic rings. The lowest BCUT2D eigenvalue weighted by atomic mass is 9.74. The molecule has 2 heterocycles. The van der Waals surface area contributed by atoms with Crippen LogP contribution in [-0.4, -0.2) is 48.1 Å². The number of carbonyl (C=O) groups excluding carboxylic acids is 1. The number of hydrogen-bond donors (Lipinski definition) is 2. The number of carboxylic acid groups (broad SMARTS) is 1. The number of nitrogens with zero attached hydrogens (tertiary/aromatic N) is 1. The van der Waals surface area contributed by atoms with Crippen LogP contribution in [0.5, 0.6) is 0 Å². The van der Waals surface area contributed by atoms with Crippen LogP contribution in [0.15, 0.2) is 0 Å². The van der Waals surface area contributed by atoms with E-state index >= 15 is 0 Å². The summed E-state index contributed by atoms with van der Waals surface area (Å²) in [4.78, 5) is 25.6. The molecule has 1 amide bonds. The van der Waals surface area contributed by atoms with E-state index in [0.717, 1.165) is 38.9 Å². The van der Waals surface area contributed by atoms with Gasteiger partial charge in [0.05, 0.1) is 11.3 Å². The molecule has 19 heavy (non-hydrogen) atoms. The smallest absolute Gasteiger partial charge is 0.309 e. The molecule has 0 bridgehead atoms. The molecule has 2 rings (SSSR count). The molecule has 0 radical (unpaired) electrons. The molecule has 0 aromatic rings. The maximum absolute atomic E-state index is 12.4. The lowest BCUT2D eigenvalue weighted by Crippen LogP contribution is -2.48. The number of nitrogens with one attached hydrogen (secondary N) is 1. The topological polar surface area (TPSA) is 69.6 Å². The molecule has 2 fully saturated rings. The van der Waals surface area contributed by atoms with Crippen molar-refractivity contribution in [3.05, 3.63) is 0 Å². The molecule has 2 atom stereocenters. The van der Waals surface area contributed by atoms with Gasteiger partial charge < -0.3 is 15.3 Å². The van der Waals surface area contributed by atoms with Crippen molar-refractivity contribution in [2.45, 2.75) is 33.1 Å². The largest absolute Gasteiger partial charge is 0.481 e. The average Bonchev–Trinajstić information content (AvgIpc) is 2.91. The number of rotatable bonds is 3. The Kier molecular flexibility index (Phi) is 4.13. The van der Waals surface area contributed by atoms with Gasteiger partial charge >= 0.3 is 5.97 Å². The van der Waals surface area contributed by atoms with Crippen LogP contribution in [-0.2, 0) is 9.59 Å². The second kappa shape index (κ2) is 5.49. The van der Waals surface area contributed by atoms with Gasteiger partial charge in [0.15, 0.2) is 0 Å². The summed E-state index contributed by atoms with van der Waals surface area (Å²) in [6.07, 6.45) is 2.71. The summed E-state index contributed by atoms with van der Waals surface area (Å²) in [5, 5.41) is 12.5. The first-order valence-corrected chi connectivity index (χ1v) is 7.16. The van der Waals surface area contributed by atoms with Gasteiger partial charge in [-0.05, 0) is 45.6 Å². The van der Waals surface area contributed by atoms with E-state index in [4.69, 9.17) is 0 Å². The van der Waals surface area contributed by atoms with Gasteiger partial charge in [-0.25, -0.2) is 0 Å². The maximum atomic E-state index is 12.4. The molecule has 0 aromatic carbocycles. The standard InChI is InChI=1S/C14H24N2O3/c1-14(2,13(18)19)11-4-3-7-16(9-11)12(17)10-5-6-15-8-10/h10-11,15H,3-9H2,1-2H3,(H,18,19). The van der Waals surface area contributed by atoms with Gasteiger partial charge in [0.25, 0.3) is 0 Å². The zero-order valence-electron chi connectivity index (χ0n) is 11.8. The predicted molar refractivity (Wildman–Crippen MR) is 71.7 cm³/mol. The van der Waals surface area contributed by atoms with E-state index in [1.165, 1.54) is 0 Å². The van der Waals surface area contributed by atoms with Gasteiger partial charge in [0.2, 0.25) is 5.91 Å². The third kappa shape index (κ3) is 2.91. The molecule has 108 valence electrons. The zero-order chi connectivity index (χ0) is 14.0. The predicted octanol–water partition coefficient (Wildman–Crippen LogP) is 0.945. The van der Waals surface area contributed by atoms with Crippen LogP contribution in [0.25, 0.3) is 0 Å². The molecule has 0 aliphatic carbocycles. The summed E-state index contributed by atoms with van der Waals surface area (Å²) in [6, 6.07) is 0. The minimum Gasteiger partial charge on any atom is -0.481 e. The van der Waals surface area contributed by atoms with Crippen LogP contribution < -0.4 is 5.32 Å². The lowest BCUT2D eigenvalue weighted by molar-refractivity contribution is -0.153. The number of likely N-dealkylation sites (tertiary alicyclic amines) is 1. The highest BCUT2D eigenvalue weighted by atomic mass is 16.4. The summed E-state index contributed by atoms with van der Waals surface area (Å²) in [5.74, 6) is -0.422. The Bertz CT molecular complexity index is 362. The molecule has 2 aliphatic heterocycles. The monoisotopic (exact) mass is 268 g/mol. The fraction of sp³-hybridized carbons (Fsp3) is 0.857. The molecular weight excluding hydrogens is 244 g/mol. The van der Waals surface area contributed by atoms with Crippen LogP contribution in [0.2, 0.25) is 0 Å². The first-order valence-electron chi connectivity index (χ1n) is 7.16. The highest BCUT2D eigenvalue weighted by Crippen LogP contribution is 2.34. The molecule has 2 unspecified atom stereocenters. The van der Waals surface area contributed by atoms with E-state index in [1.54, 1.807) is 13.8 Å². The lowest BCUT2D eigenvalue weighted by Gasteiger charge is -2.40. The first kappa shape index (κ1) is 14.3. The third-order valence-corrected chi connectivity index (χ3v) is 4.71. The Hall–Kier alpha value is -1.10. The number of piperidine rings is 1. The number of carboxylic acids is 1. The van der Waals surface area contributed by atoms with Crippen LogP contribution in [0, 0.1) is 17.3 Å². The number of carbonyl (C=O) groups is 2. The van der Waals surface area contributed by atoms with Gasteiger partial charge in [-0.2, -0.15) is 0 Å². The molecule has 0 saturated carbocycles. The van der Waals surface area contributed by atoms with Gasteiger partial charge in [0, 0.05) is 19.6 Å². The minimum atomic E-state index is -0.769. The van der Waals surface area contributed by atoms with Gasteiger partial charge in [0.1, 0.15) is 0 Å². The first-order chi connectivity index (χ1) is 8.93. The summed E-state index contributed by atoms with van der Waals surface area (Å²) < 4.78 is 0. The summed E-state index contributed by atoms with van der Waals surface area (Å²) in [5.41, 5.74) is -0.757. The second-order valence-corrected chi connectivity index (χ2v) is 6.34. The van der Waals surface area contributed by atoms with E-state index in [-0.39, 0.29) is 17.7 Å². The average molecular weight is 268 g/mol. The van der Waals surface area contributed by atoms with Crippen molar-refractivity contribution in [2.75, 3.05) is 26.2 Å². The molecule has 0 spiro atoms. The maximum Gasteiger partial charge on any atom is 0.309 e. The van der Waals surface area contributed by atoms with Crippen molar-refractivity contribution in [3.8, 4) is 0 Å². The van der Waals surface area contributed by atoms with Crippen molar-refractivity contribution in [1.29, 1.82) is 0 Å². The van der Waals surface area contributed by atoms with E-state index in [1.807, 2.05) is 4.90 Å². The van der Waals surface area contributed by atoms with E-state index in [2.05, 4.69) is 5.32 Å². The van der Waals surface area contributed by atoms with Crippen molar-refractivity contribution in [1.82, 2.24) is 10.2 Å². The van der Waals surface area contributed by atoms with Gasteiger partial charge in [-0.15, -0.1) is 0 Å². The van der Waals surface area contributed by atoms with E-state index in [0.29, 0.717) is 6.54 Å². The number of amides is 1.